The quantitative estimate of drug-likeness (QED) is 0.409. The lowest BCUT2D eigenvalue weighted by Gasteiger charge is -2.14. The van der Waals surface area contributed by atoms with Gasteiger partial charge in [0.25, 0.3) is 0 Å². The van der Waals surface area contributed by atoms with Gasteiger partial charge in [-0.3, -0.25) is 4.99 Å². The number of benzene rings is 3. The van der Waals surface area contributed by atoms with Gasteiger partial charge in [0.2, 0.25) is 0 Å². The van der Waals surface area contributed by atoms with Crippen molar-refractivity contribution in [1.29, 1.82) is 0 Å². The van der Waals surface area contributed by atoms with Crippen molar-refractivity contribution in [3.8, 4) is 11.5 Å². The van der Waals surface area contributed by atoms with E-state index in [4.69, 9.17) is 32.7 Å². The highest BCUT2D eigenvalue weighted by molar-refractivity contribution is 6.32. The molecule has 0 unspecified atom stereocenters. The van der Waals surface area contributed by atoms with E-state index >= 15 is 0 Å². The van der Waals surface area contributed by atoms with Crippen LogP contribution in [0, 0.1) is 13.8 Å². The van der Waals surface area contributed by atoms with Crippen molar-refractivity contribution < 1.29 is 9.47 Å². The highest BCUT2D eigenvalue weighted by Gasteiger charge is 2.12. The van der Waals surface area contributed by atoms with Gasteiger partial charge in [0, 0.05) is 16.8 Å². The predicted molar refractivity (Wildman–Crippen MR) is 117 cm³/mol. The molecule has 0 fully saturated rings. The predicted octanol–water partition coefficient (Wildman–Crippen LogP) is 6.95. The summed E-state index contributed by atoms with van der Waals surface area (Å²) in [6.45, 7) is 4.44. The summed E-state index contributed by atoms with van der Waals surface area (Å²) in [5.41, 5.74) is 5.03. The van der Waals surface area contributed by atoms with Crippen molar-refractivity contribution in [2.24, 2.45) is 4.99 Å². The molecule has 0 aliphatic heterocycles. The van der Waals surface area contributed by atoms with E-state index < -0.39 is 0 Å². The van der Waals surface area contributed by atoms with Gasteiger partial charge in [0.1, 0.15) is 6.61 Å². The van der Waals surface area contributed by atoms with Gasteiger partial charge < -0.3 is 9.47 Å². The van der Waals surface area contributed by atoms with Crippen LogP contribution in [0.4, 0.5) is 5.69 Å². The zero-order valence-electron chi connectivity index (χ0n) is 16.0. The van der Waals surface area contributed by atoms with Crippen LogP contribution in [0.25, 0.3) is 0 Å². The first kappa shape index (κ1) is 20.2. The second kappa shape index (κ2) is 9.13. The van der Waals surface area contributed by atoms with Gasteiger partial charge in [-0.2, -0.15) is 0 Å². The number of nitrogens with zero attached hydrogens (tertiary/aromatic N) is 1. The summed E-state index contributed by atoms with van der Waals surface area (Å²) in [7, 11) is 1.58. The summed E-state index contributed by atoms with van der Waals surface area (Å²) in [6.07, 6.45) is 1.76. The number of rotatable bonds is 6. The second-order valence-corrected chi connectivity index (χ2v) is 7.26. The van der Waals surface area contributed by atoms with E-state index in [0.717, 1.165) is 16.8 Å². The first-order valence-corrected chi connectivity index (χ1v) is 9.58. The molecule has 3 nitrogen and oxygen atoms in total. The molecule has 0 amide bonds. The Labute approximate surface area is 175 Å². The number of aryl methyl sites for hydroxylation is 2. The van der Waals surface area contributed by atoms with Crippen LogP contribution in [0.1, 0.15) is 22.3 Å². The molecule has 0 aliphatic rings. The third kappa shape index (κ3) is 4.86. The molecule has 3 aromatic carbocycles. The average molecular weight is 414 g/mol. The van der Waals surface area contributed by atoms with Gasteiger partial charge in [-0.1, -0.05) is 47.5 Å². The number of ether oxygens (including phenoxy) is 2. The molecule has 0 aromatic heterocycles. The first-order valence-electron chi connectivity index (χ1n) is 8.83. The normalized spacial score (nSPS) is 11.0. The van der Waals surface area contributed by atoms with Crippen LogP contribution in [0.15, 0.2) is 59.6 Å². The molecule has 144 valence electrons. The Kier molecular flexibility index (Phi) is 6.61. The summed E-state index contributed by atoms with van der Waals surface area (Å²) < 4.78 is 11.4. The summed E-state index contributed by atoms with van der Waals surface area (Å²) in [6, 6.07) is 17.3. The van der Waals surface area contributed by atoms with Crippen LogP contribution in [-0.4, -0.2) is 13.3 Å². The summed E-state index contributed by atoms with van der Waals surface area (Å²) in [5, 5.41) is 1.10. The van der Waals surface area contributed by atoms with E-state index in [1.54, 1.807) is 19.4 Å². The Morgan fingerprint density at radius 3 is 2.43 bits per heavy atom. The van der Waals surface area contributed by atoms with Crippen molar-refractivity contribution in [2.45, 2.75) is 20.5 Å². The average Bonchev–Trinajstić information content (AvgIpc) is 2.68. The van der Waals surface area contributed by atoms with Crippen molar-refractivity contribution in [3.05, 3.63) is 86.9 Å². The lowest BCUT2D eigenvalue weighted by molar-refractivity contribution is 0.285. The fourth-order valence-electron chi connectivity index (χ4n) is 2.67. The molecule has 0 N–H and O–H groups in total. The maximum atomic E-state index is 6.45. The molecule has 0 aliphatic carbocycles. The number of halogens is 2. The Hall–Kier alpha value is -2.49. The number of hydrogen-bond donors (Lipinski definition) is 0. The largest absolute Gasteiger partial charge is 0.493 e. The molecule has 28 heavy (non-hydrogen) atoms. The fourth-order valence-corrected chi connectivity index (χ4v) is 3.14. The van der Waals surface area contributed by atoms with E-state index in [1.165, 1.54) is 11.1 Å². The molecule has 0 atom stereocenters. The third-order valence-corrected chi connectivity index (χ3v) is 5.08. The lowest BCUT2D eigenvalue weighted by Crippen LogP contribution is -2.00. The van der Waals surface area contributed by atoms with Crippen molar-refractivity contribution >= 4 is 35.1 Å². The molecule has 3 aromatic rings. The van der Waals surface area contributed by atoms with E-state index in [9.17, 15) is 0 Å². The molecule has 0 saturated heterocycles. The van der Waals surface area contributed by atoms with Gasteiger partial charge in [-0.05, 0) is 60.9 Å². The molecular formula is C23H21Cl2NO2. The summed E-state index contributed by atoms with van der Waals surface area (Å²) in [5.74, 6) is 1.02. The first-order chi connectivity index (χ1) is 13.5. The molecule has 3 rings (SSSR count). The Morgan fingerprint density at radius 1 is 0.929 bits per heavy atom. The van der Waals surface area contributed by atoms with E-state index in [-0.39, 0.29) is 0 Å². The monoisotopic (exact) mass is 413 g/mol. The number of aliphatic imine (C=N–C) groups is 1. The van der Waals surface area contributed by atoms with Gasteiger partial charge in [0.05, 0.1) is 17.8 Å². The molecule has 0 spiro atoms. The lowest BCUT2D eigenvalue weighted by atomic mass is 10.1. The Morgan fingerprint density at radius 2 is 1.71 bits per heavy atom. The van der Waals surface area contributed by atoms with Crippen LogP contribution in [0.5, 0.6) is 11.5 Å². The van der Waals surface area contributed by atoms with Crippen LogP contribution >= 0.6 is 23.2 Å². The zero-order chi connectivity index (χ0) is 20.1. The van der Waals surface area contributed by atoms with Crippen LogP contribution < -0.4 is 9.47 Å². The standard InChI is InChI=1S/C23H21Cl2NO2/c1-15-8-9-19(10-16(15)2)26-13-17-11-21(25)23(22(12-17)27-3)28-14-18-6-4-5-7-20(18)24/h4-13H,14H2,1-3H3. The minimum absolute atomic E-state index is 0.297. The fraction of sp³-hybridized carbons (Fsp3) is 0.174. The second-order valence-electron chi connectivity index (χ2n) is 6.44. The van der Waals surface area contributed by atoms with Crippen molar-refractivity contribution in [2.75, 3.05) is 7.11 Å². The maximum Gasteiger partial charge on any atom is 0.180 e. The van der Waals surface area contributed by atoms with Crippen LogP contribution in [0.2, 0.25) is 10.0 Å². The molecule has 5 heteroatoms. The third-order valence-electron chi connectivity index (χ3n) is 4.43. The minimum Gasteiger partial charge on any atom is -0.493 e. The van der Waals surface area contributed by atoms with E-state index in [1.807, 2.05) is 42.5 Å². The van der Waals surface area contributed by atoms with Crippen LogP contribution in [-0.2, 0) is 6.61 Å². The van der Waals surface area contributed by atoms with Gasteiger partial charge in [0.15, 0.2) is 11.5 Å². The van der Waals surface area contributed by atoms with E-state index in [2.05, 4.69) is 24.9 Å². The topological polar surface area (TPSA) is 30.8 Å². The SMILES string of the molecule is COc1cc(C=Nc2ccc(C)c(C)c2)cc(Cl)c1OCc1ccccc1Cl. The molecule has 0 bridgehead atoms. The molecule has 0 saturated carbocycles. The van der Waals surface area contributed by atoms with Gasteiger partial charge in [-0.25, -0.2) is 0 Å². The van der Waals surface area contributed by atoms with E-state index in [0.29, 0.717) is 28.2 Å². The Bertz CT molecular complexity index is 1020. The van der Waals surface area contributed by atoms with Crippen LogP contribution in [0.3, 0.4) is 0 Å². The van der Waals surface area contributed by atoms with Gasteiger partial charge in [-0.15, -0.1) is 0 Å². The summed E-state index contributed by atoms with van der Waals surface area (Å²) >= 11 is 12.6. The minimum atomic E-state index is 0.297. The zero-order valence-corrected chi connectivity index (χ0v) is 17.5. The molecule has 0 heterocycles. The number of methoxy groups -OCH3 is 1. The molecular weight excluding hydrogens is 393 g/mol. The maximum absolute atomic E-state index is 6.45. The number of hydrogen-bond acceptors (Lipinski definition) is 3. The summed E-state index contributed by atoms with van der Waals surface area (Å²) in [4.78, 5) is 4.53. The van der Waals surface area contributed by atoms with Crippen molar-refractivity contribution in [3.63, 3.8) is 0 Å². The smallest absolute Gasteiger partial charge is 0.180 e. The van der Waals surface area contributed by atoms with Crippen molar-refractivity contribution in [1.82, 2.24) is 0 Å². The Balaban J connectivity index is 1.81. The van der Waals surface area contributed by atoms with Gasteiger partial charge >= 0.3 is 0 Å². The highest BCUT2D eigenvalue weighted by atomic mass is 35.5. The highest BCUT2D eigenvalue weighted by Crippen LogP contribution is 2.37. The molecule has 0 radical (unpaired) electrons.